The number of hydrogen-bond acceptors (Lipinski definition) is 2. The molecule has 0 aliphatic rings. The minimum absolute atomic E-state index is 0.0571. The highest BCUT2D eigenvalue weighted by atomic mass is 31.1. The lowest BCUT2D eigenvalue weighted by molar-refractivity contribution is 0.140. The first kappa shape index (κ1) is 23.3. The molecule has 1 rings (SSSR count). The maximum atomic E-state index is 11.1. The van der Waals surface area contributed by atoms with Crippen LogP contribution in [0.15, 0.2) is 24.3 Å². The second-order valence-corrected chi connectivity index (χ2v) is 7.88. The molecule has 26 heavy (non-hydrogen) atoms. The summed E-state index contributed by atoms with van der Waals surface area (Å²) in [5.74, 6) is 0.436. The van der Waals surface area contributed by atoms with Crippen molar-refractivity contribution in [1.82, 2.24) is 0 Å². The molecule has 0 fully saturated rings. The van der Waals surface area contributed by atoms with E-state index in [2.05, 4.69) is 45.0 Å². The van der Waals surface area contributed by atoms with Gasteiger partial charge in [0.1, 0.15) is 0 Å². The van der Waals surface area contributed by atoms with Crippen molar-refractivity contribution in [1.29, 1.82) is 0 Å². The van der Waals surface area contributed by atoms with Crippen LogP contribution in [0.3, 0.4) is 0 Å². The highest BCUT2D eigenvalue weighted by molar-refractivity contribution is 7.17. The van der Waals surface area contributed by atoms with E-state index in [-0.39, 0.29) is 14.8 Å². The summed E-state index contributed by atoms with van der Waals surface area (Å²) in [6, 6.07) is 8.83. The standard InChI is InChI=1S/C23H39O2P/c1-4-7-9-10-11-12-13-14-20-16-18-22(19-17-20)23(25-26-24)21(6-3)15-8-5-2/h16-19,21,23H,4-15H2,1-3H3. The van der Waals surface area contributed by atoms with Gasteiger partial charge in [0, 0.05) is 0 Å². The van der Waals surface area contributed by atoms with E-state index >= 15 is 0 Å². The van der Waals surface area contributed by atoms with Crippen LogP contribution in [0.5, 0.6) is 0 Å². The predicted molar refractivity (Wildman–Crippen MR) is 113 cm³/mol. The SMILES string of the molecule is CCCCCCCCCc1ccc(C(OP=O)C(CC)CCCC)cc1. The molecular weight excluding hydrogens is 339 g/mol. The first-order chi connectivity index (χ1) is 12.8. The Labute approximate surface area is 163 Å². The van der Waals surface area contributed by atoms with Crippen LogP contribution in [0, 0.1) is 5.92 Å². The molecule has 0 bridgehead atoms. The summed E-state index contributed by atoms with van der Waals surface area (Å²) >= 11 is 0. The quantitative estimate of drug-likeness (QED) is 0.213. The van der Waals surface area contributed by atoms with Crippen molar-refractivity contribution in [3.8, 4) is 0 Å². The third kappa shape index (κ3) is 9.28. The van der Waals surface area contributed by atoms with E-state index in [0.717, 1.165) is 19.3 Å². The molecule has 1 aromatic carbocycles. The van der Waals surface area contributed by atoms with E-state index in [1.807, 2.05) is 0 Å². The molecule has 2 atom stereocenters. The van der Waals surface area contributed by atoms with Gasteiger partial charge in [-0.25, -0.2) is 4.57 Å². The minimum atomic E-state index is -0.214. The largest absolute Gasteiger partial charge is 0.327 e. The van der Waals surface area contributed by atoms with Gasteiger partial charge in [-0.1, -0.05) is 103 Å². The van der Waals surface area contributed by atoms with Crippen LogP contribution in [-0.2, 0) is 15.5 Å². The van der Waals surface area contributed by atoms with Crippen molar-refractivity contribution in [2.75, 3.05) is 0 Å². The van der Waals surface area contributed by atoms with E-state index in [9.17, 15) is 4.57 Å². The molecule has 0 aliphatic carbocycles. The normalized spacial score (nSPS) is 13.8. The van der Waals surface area contributed by atoms with Crippen LogP contribution in [0.2, 0.25) is 0 Å². The van der Waals surface area contributed by atoms with Crippen molar-refractivity contribution in [3.63, 3.8) is 0 Å². The average molecular weight is 379 g/mol. The molecular formula is C23H39O2P. The summed E-state index contributed by atoms with van der Waals surface area (Å²) in [7, 11) is -0.214. The summed E-state index contributed by atoms with van der Waals surface area (Å²) in [6.07, 6.45) is 15.1. The molecule has 0 aliphatic heterocycles. The Balaban J connectivity index is 2.50. The van der Waals surface area contributed by atoms with Crippen molar-refractivity contribution in [3.05, 3.63) is 35.4 Å². The van der Waals surface area contributed by atoms with Gasteiger partial charge in [0.05, 0.1) is 6.10 Å². The van der Waals surface area contributed by atoms with Gasteiger partial charge in [-0.3, -0.25) is 4.52 Å². The average Bonchev–Trinajstić information content (AvgIpc) is 2.67. The molecule has 148 valence electrons. The molecule has 2 unspecified atom stereocenters. The van der Waals surface area contributed by atoms with Gasteiger partial charge in [0.15, 0.2) is 0 Å². The number of hydrogen-bond donors (Lipinski definition) is 0. The molecule has 0 amide bonds. The van der Waals surface area contributed by atoms with E-state index in [4.69, 9.17) is 4.52 Å². The maximum Gasteiger partial charge on any atom is 0.327 e. The van der Waals surface area contributed by atoms with Gasteiger partial charge in [-0.2, -0.15) is 0 Å². The predicted octanol–water partition coefficient (Wildman–Crippen LogP) is 8.46. The zero-order chi connectivity index (χ0) is 19.0. The Morgan fingerprint density at radius 3 is 2.04 bits per heavy atom. The number of unbranched alkanes of at least 4 members (excludes halogenated alkanes) is 7. The lowest BCUT2D eigenvalue weighted by atomic mass is 9.88. The number of aryl methyl sites for hydroxylation is 1. The summed E-state index contributed by atoms with van der Waals surface area (Å²) < 4.78 is 16.7. The molecule has 3 heteroatoms. The lowest BCUT2D eigenvalue weighted by Crippen LogP contribution is -2.13. The molecule has 0 saturated heterocycles. The molecule has 0 aromatic heterocycles. The molecule has 2 nitrogen and oxygen atoms in total. The van der Waals surface area contributed by atoms with Crippen molar-refractivity contribution in [2.45, 2.75) is 104 Å². The fraction of sp³-hybridized carbons (Fsp3) is 0.739. The maximum absolute atomic E-state index is 11.1. The third-order valence-corrected chi connectivity index (χ3v) is 5.73. The van der Waals surface area contributed by atoms with Gasteiger partial charge < -0.3 is 0 Å². The van der Waals surface area contributed by atoms with Gasteiger partial charge in [-0.15, -0.1) is 0 Å². The highest BCUT2D eigenvalue weighted by Gasteiger charge is 2.22. The van der Waals surface area contributed by atoms with Gasteiger partial charge >= 0.3 is 8.69 Å². The Morgan fingerprint density at radius 2 is 1.46 bits per heavy atom. The van der Waals surface area contributed by atoms with E-state index in [0.29, 0.717) is 5.92 Å². The van der Waals surface area contributed by atoms with Gasteiger partial charge in [-0.05, 0) is 36.3 Å². The van der Waals surface area contributed by atoms with Crippen LogP contribution in [-0.4, -0.2) is 0 Å². The second kappa shape index (κ2) is 15.3. The summed E-state index contributed by atoms with van der Waals surface area (Å²) in [5.41, 5.74) is 2.57. The summed E-state index contributed by atoms with van der Waals surface area (Å²) in [4.78, 5) is 0. The first-order valence-electron chi connectivity index (χ1n) is 10.8. The summed E-state index contributed by atoms with van der Waals surface area (Å²) in [6.45, 7) is 6.68. The highest BCUT2D eigenvalue weighted by Crippen LogP contribution is 2.35. The summed E-state index contributed by atoms with van der Waals surface area (Å²) in [5, 5.41) is 0. The topological polar surface area (TPSA) is 26.3 Å². The zero-order valence-corrected chi connectivity index (χ0v) is 18.1. The molecule has 0 N–H and O–H groups in total. The van der Waals surface area contributed by atoms with Crippen LogP contribution in [0.4, 0.5) is 0 Å². The van der Waals surface area contributed by atoms with Crippen LogP contribution >= 0.6 is 8.69 Å². The third-order valence-electron chi connectivity index (χ3n) is 5.41. The molecule has 0 spiro atoms. The zero-order valence-electron chi connectivity index (χ0n) is 17.2. The Morgan fingerprint density at radius 1 is 0.846 bits per heavy atom. The fourth-order valence-electron chi connectivity index (χ4n) is 3.66. The molecule has 0 heterocycles. The molecule has 0 radical (unpaired) electrons. The second-order valence-electron chi connectivity index (χ2n) is 7.52. The van der Waals surface area contributed by atoms with Crippen LogP contribution < -0.4 is 0 Å². The Bertz CT molecular complexity index is 458. The van der Waals surface area contributed by atoms with Crippen molar-refractivity contribution < 1.29 is 9.09 Å². The minimum Gasteiger partial charge on any atom is -0.286 e. The fourth-order valence-corrected chi connectivity index (χ4v) is 4.05. The molecule has 1 aromatic rings. The van der Waals surface area contributed by atoms with Crippen molar-refractivity contribution in [2.24, 2.45) is 5.92 Å². The van der Waals surface area contributed by atoms with E-state index in [1.54, 1.807) is 0 Å². The lowest BCUT2D eigenvalue weighted by Gasteiger charge is -2.24. The number of rotatable bonds is 16. The number of benzene rings is 1. The van der Waals surface area contributed by atoms with Gasteiger partial charge in [0.25, 0.3) is 0 Å². The van der Waals surface area contributed by atoms with E-state index in [1.165, 1.54) is 68.9 Å². The molecule has 0 saturated carbocycles. The Hall–Kier alpha value is -0.720. The first-order valence-corrected chi connectivity index (χ1v) is 11.6. The van der Waals surface area contributed by atoms with Gasteiger partial charge in [0.2, 0.25) is 0 Å². The van der Waals surface area contributed by atoms with Crippen molar-refractivity contribution >= 4 is 8.69 Å². The monoisotopic (exact) mass is 378 g/mol. The smallest absolute Gasteiger partial charge is 0.286 e. The Kier molecular flexibility index (Phi) is 13.8. The van der Waals surface area contributed by atoms with Crippen LogP contribution in [0.25, 0.3) is 0 Å². The van der Waals surface area contributed by atoms with E-state index < -0.39 is 0 Å². The van der Waals surface area contributed by atoms with Crippen LogP contribution in [0.1, 0.15) is 109 Å².